The van der Waals surface area contributed by atoms with Gasteiger partial charge in [0.05, 0.1) is 43.4 Å². The van der Waals surface area contributed by atoms with Crippen molar-refractivity contribution >= 4 is 23.2 Å². The van der Waals surface area contributed by atoms with E-state index in [1.54, 1.807) is 23.9 Å². The Hall–Kier alpha value is -6.24. The third-order valence-electron chi connectivity index (χ3n) is 9.37. The standard InChI is InChI=1S/C41H42N6O7/c1-4-51-40-42-36-16-10-15-35(39(48)52-27(2)53-41(49)54-32-11-6-5-7-12-32)37(36)46(40)25-28-17-21-30(22-18-28)33-13-8-9-14-34(33)38-43-44-45-47(38)26-29-19-23-31(50-3)24-20-29/h8-10,13-24,27,32H,4-7,11-12,25-26H2,1-3H3. The quantitative estimate of drug-likeness (QED) is 0.0847. The highest BCUT2D eigenvalue weighted by Crippen LogP contribution is 2.32. The molecule has 0 radical (unpaired) electrons. The zero-order valence-corrected chi connectivity index (χ0v) is 30.5. The predicted octanol–water partition coefficient (Wildman–Crippen LogP) is 7.85. The number of fused-ring (bicyclic) bond motifs is 1. The molecule has 7 rings (SSSR count). The van der Waals surface area contributed by atoms with Crippen LogP contribution in [0.1, 0.15) is 67.4 Å². The molecule has 0 amide bonds. The summed E-state index contributed by atoms with van der Waals surface area (Å²) in [6.45, 7) is 4.60. The first-order valence-corrected chi connectivity index (χ1v) is 18.2. The van der Waals surface area contributed by atoms with Crippen molar-refractivity contribution in [1.82, 2.24) is 29.8 Å². The van der Waals surface area contributed by atoms with Gasteiger partial charge in [-0.3, -0.25) is 4.57 Å². The van der Waals surface area contributed by atoms with E-state index in [-0.39, 0.29) is 11.7 Å². The Balaban J connectivity index is 1.10. The number of nitrogens with zero attached hydrogens (tertiary/aromatic N) is 6. The van der Waals surface area contributed by atoms with E-state index in [9.17, 15) is 9.59 Å². The maximum Gasteiger partial charge on any atom is 0.511 e. The third kappa shape index (κ3) is 8.20. The Labute approximate surface area is 312 Å². The van der Waals surface area contributed by atoms with Gasteiger partial charge in [0.15, 0.2) is 5.82 Å². The average Bonchev–Trinajstić information content (AvgIpc) is 3.79. The number of benzene rings is 4. The van der Waals surface area contributed by atoms with Crippen LogP contribution in [0.25, 0.3) is 33.5 Å². The zero-order chi connectivity index (χ0) is 37.4. The first kappa shape index (κ1) is 36.1. The summed E-state index contributed by atoms with van der Waals surface area (Å²) in [5.74, 6) is 0.772. The van der Waals surface area contributed by atoms with Gasteiger partial charge in [-0.25, -0.2) is 14.3 Å². The van der Waals surface area contributed by atoms with Gasteiger partial charge in [-0.1, -0.05) is 73.2 Å². The second kappa shape index (κ2) is 16.6. The number of hydrogen-bond acceptors (Lipinski definition) is 11. The molecule has 13 heteroatoms. The highest BCUT2D eigenvalue weighted by molar-refractivity contribution is 6.02. The molecule has 0 N–H and O–H groups in total. The van der Waals surface area contributed by atoms with E-state index in [2.05, 4.69) is 20.5 Å². The van der Waals surface area contributed by atoms with Crippen LogP contribution in [0.15, 0.2) is 91.0 Å². The van der Waals surface area contributed by atoms with Crippen molar-refractivity contribution in [3.63, 3.8) is 0 Å². The van der Waals surface area contributed by atoms with E-state index in [0.717, 1.165) is 65.7 Å². The van der Waals surface area contributed by atoms with Gasteiger partial charge in [-0.05, 0) is 89.6 Å². The molecule has 0 aliphatic heterocycles. The van der Waals surface area contributed by atoms with Gasteiger partial charge in [0.1, 0.15) is 11.9 Å². The SMILES string of the molecule is CCOc1nc2cccc(C(=O)OC(C)OC(=O)OC3CCCCC3)c2n1Cc1ccc(-c2ccccc2-c2nnnn2Cc2ccc(OC)cc2)cc1. The molecule has 0 saturated heterocycles. The van der Waals surface area contributed by atoms with Crippen LogP contribution in [0.4, 0.5) is 4.79 Å². The van der Waals surface area contributed by atoms with E-state index in [0.29, 0.717) is 42.6 Å². The van der Waals surface area contributed by atoms with Crippen LogP contribution in [0.5, 0.6) is 11.8 Å². The summed E-state index contributed by atoms with van der Waals surface area (Å²) in [7, 11) is 1.64. The summed E-state index contributed by atoms with van der Waals surface area (Å²) in [6.07, 6.45) is 2.59. The second-order valence-corrected chi connectivity index (χ2v) is 13.1. The number of rotatable bonds is 13. The van der Waals surface area contributed by atoms with Crippen LogP contribution in [0, 0.1) is 0 Å². The molecule has 4 aromatic carbocycles. The number of hydrogen-bond donors (Lipinski definition) is 0. The Bertz CT molecular complexity index is 2210. The Morgan fingerprint density at radius 3 is 2.30 bits per heavy atom. The molecule has 278 valence electrons. The highest BCUT2D eigenvalue weighted by Gasteiger charge is 2.25. The number of carbonyl (C=O) groups excluding carboxylic acids is 2. The maximum absolute atomic E-state index is 13.5. The number of methoxy groups -OCH3 is 1. The van der Waals surface area contributed by atoms with Gasteiger partial charge < -0.3 is 23.7 Å². The maximum atomic E-state index is 13.5. The average molecular weight is 731 g/mol. The van der Waals surface area contributed by atoms with Crippen molar-refractivity contribution in [2.75, 3.05) is 13.7 Å². The number of imidazole rings is 1. The molecular weight excluding hydrogens is 688 g/mol. The lowest BCUT2D eigenvalue weighted by molar-refractivity contribution is -0.0914. The van der Waals surface area contributed by atoms with Crippen molar-refractivity contribution in [3.05, 3.63) is 108 Å². The van der Waals surface area contributed by atoms with E-state index in [4.69, 9.17) is 23.7 Å². The lowest BCUT2D eigenvalue weighted by Crippen LogP contribution is -2.26. The van der Waals surface area contributed by atoms with Crippen LogP contribution in [0.2, 0.25) is 0 Å². The summed E-state index contributed by atoms with van der Waals surface area (Å²) >= 11 is 0. The fourth-order valence-corrected chi connectivity index (χ4v) is 6.75. The number of para-hydroxylation sites is 1. The Morgan fingerprint density at radius 2 is 1.56 bits per heavy atom. The lowest BCUT2D eigenvalue weighted by atomic mass is 9.98. The minimum Gasteiger partial charge on any atom is -0.497 e. The molecule has 1 fully saturated rings. The van der Waals surface area contributed by atoms with Crippen molar-refractivity contribution in [1.29, 1.82) is 0 Å². The molecule has 13 nitrogen and oxygen atoms in total. The van der Waals surface area contributed by atoms with Crippen molar-refractivity contribution in [2.24, 2.45) is 0 Å². The minimum atomic E-state index is -1.16. The Morgan fingerprint density at radius 1 is 0.833 bits per heavy atom. The first-order valence-electron chi connectivity index (χ1n) is 18.2. The van der Waals surface area contributed by atoms with Gasteiger partial charge in [0, 0.05) is 12.5 Å². The van der Waals surface area contributed by atoms with Crippen molar-refractivity contribution < 1.29 is 33.3 Å². The van der Waals surface area contributed by atoms with Gasteiger partial charge in [0.25, 0.3) is 6.01 Å². The largest absolute Gasteiger partial charge is 0.511 e. The summed E-state index contributed by atoms with van der Waals surface area (Å²) in [5, 5.41) is 12.7. The fraction of sp³-hybridized carbons (Fsp3) is 0.317. The fourth-order valence-electron chi connectivity index (χ4n) is 6.75. The number of tetrazole rings is 1. The van der Waals surface area contributed by atoms with Gasteiger partial charge in [-0.15, -0.1) is 5.10 Å². The van der Waals surface area contributed by atoms with Gasteiger partial charge in [0.2, 0.25) is 6.29 Å². The third-order valence-corrected chi connectivity index (χ3v) is 9.37. The molecule has 2 heterocycles. The van der Waals surface area contributed by atoms with Gasteiger partial charge in [-0.2, -0.15) is 4.98 Å². The summed E-state index contributed by atoms with van der Waals surface area (Å²) in [4.78, 5) is 30.6. The highest BCUT2D eigenvalue weighted by atomic mass is 16.8. The molecule has 0 spiro atoms. The van der Waals surface area contributed by atoms with E-state index < -0.39 is 18.4 Å². The second-order valence-electron chi connectivity index (χ2n) is 13.1. The number of esters is 1. The Kier molecular flexibility index (Phi) is 11.1. The van der Waals surface area contributed by atoms with E-state index in [1.807, 2.05) is 90.4 Å². The monoisotopic (exact) mass is 730 g/mol. The van der Waals surface area contributed by atoms with Crippen molar-refractivity contribution in [2.45, 2.75) is 71.4 Å². The zero-order valence-electron chi connectivity index (χ0n) is 30.5. The van der Waals surface area contributed by atoms with Crippen LogP contribution in [0.3, 0.4) is 0 Å². The molecule has 1 unspecified atom stereocenters. The molecule has 54 heavy (non-hydrogen) atoms. The molecule has 1 aliphatic rings. The topological polar surface area (TPSA) is 142 Å². The lowest BCUT2D eigenvalue weighted by Gasteiger charge is -2.22. The number of carbonyl (C=O) groups is 2. The number of aromatic nitrogens is 6. The summed E-state index contributed by atoms with van der Waals surface area (Å²) in [6, 6.07) is 29.6. The molecule has 1 aliphatic carbocycles. The van der Waals surface area contributed by atoms with Crippen LogP contribution in [-0.4, -0.2) is 68.0 Å². The van der Waals surface area contributed by atoms with Crippen LogP contribution < -0.4 is 9.47 Å². The van der Waals surface area contributed by atoms with Crippen molar-refractivity contribution in [3.8, 4) is 34.3 Å². The smallest absolute Gasteiger partial charge is 0.497 e. The molecule has 1 atom stereocenters. The minimum absolute atomic E-state index is 0.173. The molecular formula is C41H42N6O7. The molecule has 0 bridgehead atoms. The van der Waals surface area contributed by atoms with Gasteiger partial charge >= 0.3 is 12.1 Å². The van der Waals surface area contributed by atoms with E-state index in [1.165, 1.54) is 6.92 Å². The summed E-state index contributed by atoms with van der Waals surface area (Å²) < 4.78 is 31.2. The molecule has 1 saturated carbocycles. The van der Waals surface area contributed by atoms with Crippen LogP contribution in [-0.2, 0) is 27.3 Å². The van der Waals surface area contributed by atoms with Crippen LogP contribution >= 0.6 is 0 Å². The normalized spacial score (nSPS) is 13.7. The first-order chi connectivity index (χ1) is 26.4. The summed E-state index contributed by atoms with van der Waals surface area (Å²) in [5.41, 5.74) is 6.21. The molecule has 2 aromatic heterocycles. The number of ether oxygens (including phenoxy) is 5. The molecule has 6 aromatic rings. The predicted molar refractivity (Wildman–Crippen MR) is 200 cm³/mol. The van der Waals surface area contributed by atoms with E-state index >= 15 is 0 Å².